The molecule has 0 aromatic carbocycles. The molecule has 0 aromatic rings. The molecule has 0 radical (unpaired) electrons. The quantitative estimate of drug-likeness (QED) is 0.505. The van der Waals surface area contributed by atoms with Gasteiger partial charge in [-0.25, -0.2) is 0 Å². The van der Waals surface area contributed by atoms with E-state index in [9.17, 15) is 0 Å². The van der Waals surface area contributed by atoms with Gasteiger partial charge in [0.1, 0.15) is 0 Å². The summed E-state index contributed by atoms with van der Waals surface area (Å²) in [7, 11) is 1.77. The number of guanidine groups is 1. The molecule has 0 saturated carbocycles. The van der Waals surface area contributed by atoms with E-state index in [4.69, 9.17) is 9.73 Å². The maximum atomic E-state index is 5.15. The molecule has 5 nitrogen and oxygen atoms in total. The summed E-state index contributed by atoms with van der Waals surface area (Å²) in [4.78, 5) is 7.27. The number of piperidine rings is 1. The number of methoxy groups -OCH3 is 1. The molecular formula is C17H36N4O. The number of likely N-dealkylation sites (tertiary alicyclic amines) is 1. The van der Waals surface area contributed by atoms with Gasteiger partial charge in [-0.1, -0.05) is 13.8 Å². The van der Waals surface area contributed by atoms with Crippen molar-refractivity contribution >= 4 is 5.96 Å². The third-order valence-corrected chi connectivity index (χ3v) is 4.18. The number of ether oxygens (including phenoxy) is 1. The zero-order chi connectivity index (χ0) is 16.2. The van der Waals surface area contributed by atoms with E-state index in [2.05, 4.69) is 36.3 Å². The molecule has 0 aliphatic carbocycles. The first-order valence-corrected chi connectivity index (χ1v) is 8.89. The highest BCUT2D eigenvalue weighted by Crippen LogP contribution is 2.17. The summed E-state index contributed by atoms with van der Waals surface area (Å²) in [5.41, 5.74) is 0. The van der Waals surface area contributed by atoms with Crippen LogP contribution >= 0.6 is 0 Å². The number of nitrogens with one attached hydrogen (secondary N) is 2. The smallest absolute Gasteiger partial charge is 0.191 e. The lowest BCUT2D eigenvalue weighted by Gasteiger charge is -2.31. The Balaban J connectivity index is 2.28. The van der Waals surface area contributed by atoms with E-state index in [0.717, 1.165) is 50.6 Å². The van der Waals surface area contributed by atoms with Gasteiger partial charge in [-0.3, -0.25) is 4.99 Å². The van der Waals surface area contributed by atoms with Crippen molar-refractivity contribution in [3.8, 4) is 0 Å². The van der Waals surface area contributed by atoms with Crippen molar-refractivity contribution in [1.82, 2.24) is 15.5 Å². The summed E-state index contributed by atoms with van der Waals surface area (Å²) in [6.07, 6.45) is 3.68. The minimum absolute atomic E-state index is 0.722. The van der Waals surface area contributed by atoms with Crippen molar-refractivity contribution in [2.24, 2.45) is 16.8 Å². The molecule has 0 atom stereocenters. The third kappa shape index (κ3) is 8.59. The first-order chi connectivity index (χ1) is 10.7. The molecule has 0 aromatic heterocycles. The Hall–Kier alpha value is -0.810. The molecule has 0 unspecified atom stereocenters. The fourth-order valence-corrected chi connectivity index (χ4v) is 2.65. The second-order valence-electron chi connectivity index (χ2n) is 6.61. The number of aliphatic imine (C=N–C) groups is 1. The summed E-state index contributed by atoms with van der Waals surface area (Å²) in [6, 6.07) is 0. The Morgan fingerprint density at radius 2 is 2.00 bits per heavy atom. The van der Waals surface area contributed by atoms with Gasteiger partial charge in [0.25, 0.3) is 0 Å². The lowest BCUT2D eigenvalue weighted by molar-refractivity contribution is 0.121. The summed E-state index contributed by atoms with van der Waals surface area (Å²) in [5, 5.41) is 6.78. The zero-order valence-corrected chi connectivity index (χ0v) is 15.0. The number of hydrogen-bond acceptors (Lipinski definition) is 3. The lowest BCUT2D eigenvalue weighted by atomic mass is 9.97. The van der Waals surface area contributed by atoms with Crippen LogP contribution in [0.1, 0.15) is 40.0 Å². The maximum Gasteiger partial charge on any atom is 0.191 e. The largest absolute Gasteiger partial charge is 0.383 e. The highest BCUT2D eigenvalue weighted by Gasteiger charge is 2.18. The molecule has 5 heteroatoms. The molecule has 1 rings (SSSR count). The van der Waals surface area contributed by atoms with Crippen LogP contribution < -0.4 is 10.6 Å². The summed E-state index contributed by atoms with van der Waals surface area (Å²) < 4.78 is 5.15. The van der Waals surface area contributed by atoms with Crippen LogP contribution in [-0.4, -0.2) is 63.8 Å². The van der Waals surface area contributed by atoms with Gasteiger partial charge in [0.05, 0.1) is 6.61 Å². The number of rotatable bonds is 9. The standard InChI is InChI=1S/C17H36N4O/c1-5-18-17(19-9-6-15(2)3)20-14-16-7-10-21(11-8-16)12-13-22-4/h15-16H,5-14H2,1-4H3,(H2,18,19,20). The molecule has 0 bridgehead atoms. The predicted molar refractivity (Wildman–Crippen MR) is 94.5 cm³/mol. The molecule has 0 amide bonds. The molecule has 0 spiro atoms. The van der Waals surface area contributed by atoms with Crippen LogP contribution in [0.15, 0.2) is 4.99 Å². The fraction of sp³-hybridized carbons (Fsp3) is 0.941. The SMILES string of the molecule is CCNC(=NCC1CCN(CCOC)CC1)NCCC(C)C. The molecular weight excluding hydrogens is 276 g/mol. The van der Waals surface area contributed by atoms with Crippen molar-refractivity contribution in [2.45, 2.75) is 40.0 Å². The van der Waals surface area contributed by atoms with Gasteiger partial charge in [0.15, 0.2) is 5.96 Å². The minimum Gasteiger partial charge on any atom is -0.383 e. The van der Waals surface area contributed by atoms with Crippen molar-refractivity contribution in [3.63, 3.8) is 0 Å². The van der Waals surface area contributed by atoms with Gasteiger partial charge in [-0.2, -0.15) is 0 Å². The van der Waals surface area contributed by atoms with Crippen molar-refractivity contribution in [1.29, 1.82) is 0 Å². The molecule has 1 saturated heterocycles. The van der Waals surface area contributed by atoms with Crippen LogP contribution in [0.25, 0.3) is 0 Å². The Morgan fingerprint density at radius 3 is 2.59 bits per heavy atom. The van der Waals surface area contributed by atoms with Crippen molar-refractivity contribution in [2.75, 3.05) is 53.0 Å². The number of hydrogen-bond donors (Lipinski definition) is 2. The van der Waals surface area contributed by atoms with E-state index in [-0.39, 0.29) is 0 Å². The van der Waals surface area contributed by atoms with E-state index in [1.807, 2.05) is 0 Å². The maximum absolute atomic E-state index is 5.15. The molecule has 1 aliphatic heterocycles. The topological polar surface area (TPSA) is 48.9 Å². The third-order valence-electron chi connectivity index (χ3n) is 4.18. The Kier molecular flexibility index (Phi) is 10.2. The second-order valence-corrected chi connectivity index (χ2v) is 6.61. The molecule has 130 valence electrons. The average molecular weight is 313 g/mol. The predicted octanol–water partition coefficient (Wildman–Crippen LogP) is 1.95. The summed E-state index contributed by atoms with van der Waals surface area (Å²) >= 11 is 0. The molecule has 22 heavy (non-hydrogen) atoms. The highest BCUT2D eigenvalue weighted by atomic mass is 16.5. The van der Waals surface area contributed by atoms with Crippen LogP contribution in [0.2, 0.25) is 0 Å². The van der Waals surface area contributed by atoms with E-state index in [0.29, 0.717) is 0 Å². The lowest BCUT2D eigenvalue weighted by Crippen LogP contribution is -2.39. The summed E-state index contributed by atoms with van der Waals surface area (Å²) in [6.45, 7) is 13.7. The average Bonchev–Trinajstić information content (AvgIpc) is 2.51. The first-order valence-electron chi connectivity index (χ1n) is 8.89. The van der Waals surface area contributed by atoms with Gasteiger partial charge < -0.3 is 20.3 Å². The van der Waals surface area contributed by atoms with Crippen LogP contribution in [-0.2, 0) is 4.74 Å². The van der Waals surface area contributed by atoms with E-state index in [1.54, 1.807) is 7.11 Å². The van der Waals surface area contributed by atoms with E-state index in [1.165, 1.54) is 32.4 Å². The molecule has 2 N–H and O–H groups in total. The summed E-state index contributed by atoms with van der Waals surface area (Å²) in [5.74, 6) is 2.43. The molecule has 1 fully saturated rings. The van der Waals surface area contributed by atoms with Crippen molar-refractivity contribution in [3.05, 3.63) is 0 Å². The van der Waals surface area contributed by atoms with Crippen LogP contribution in [0, 0.1) is 11.8 Å². The van der Waals surface area contributed by atoms with Crippen LogP contribution in [0.5, 0.6) is 0 Å². The Morgan fingerprint density at radius 1 is 1.27 bits per heavy atom. The monoisotopic (exact) mass is 312 g/mol. The first kappa shape index (κ1) is 19.2. The molecule has 1 heterocycles. The van der Waals surface area contributed by atoms with Gasteiger partial charge in [0, 0.05) is 33.3 Å². The zero-order valence-electron chi connectivity index (χ0n) is 15.0. The minimum atomic E-state index is 0.722. The van der Waals surface area contributed by atoms with Gasteiger partial charge in [-0.05, 0) is 51.1 Å². The van der Waals surface area contributed by atoms with E-state index >= 15 is 0 Å². The van der Waals surface area contributed by atoms with Crippen molar-refractivity contribution < 1.29 is 4.74 Å². The second kappa shape index (κ2) is 11.7. The van der Waals surface area contributed by atoms with Gasteiger partial charge in [-0.15, -0.1) is 0 Å². The fourth-order valence-electron chi connectivity index (χ4n) is 2.65. The number of nitrogens with zero attached hydrogens (tertiary/aromatic N) is 2. The Labute approximate surface area is 136 Å². The van der Waals surface area contributed by atoms with Gasteiger partial charge >= 0.3 is 0 Å². The Bertz CT molecular complexity index is 299. The van der Waals surface area contributed by atoms with Gasteiger partial charge in [0.2, 0.25) is 0 Å². The molecule has 1 aliphatic rings. The normalized spacial score (nSPS) is 18.0. The highest BCUT2D eigenvalue weighted by molar-refractivity contribution is 5.79. The van der Waals surface area contributed by atoms with Crippen LogP contribution in [0.4, 0.5) is 0 Å². The van der Waals surface area contributed by atoms with Crippen LogP contribution in [0.3, 0.4) is 0 Å². The van der Waals surface area contributed by atoms with E-state index < -0.39 is 0 Å².